The minimum Gasteiger partial charge on any atom is -0.445 e. The van der Waals surface area contributed by atoms with Gasteiger partial charge in [0.05, 0.1) is 0 Å². The average molecular weight is 453 g/mol. The molecular weight excluding hydrogens is 420 g/mol. The summed E-state index contributed by atoms with van der Waals surface area (Å²) in [5.74, 6) is -0.255. The van der Waals surface area contributed by atoms with Gasteiger partial charge in [0.1, 0.15) is 13.2 Å². The second-order valence-electron chi connectivity index (χ2n) is 8.01. The van der Waals surface area contributed by atoms with Crippen LogP contribution in [-0.2, 0) is 26.3 Å². The number of piperazine rings is 1. The monoisotopic (exact) mass is 452 g/mol. The second kappa shape index (κ2) is 10.9. The zero-order valence-electron chi connectivity index (χ0n) is 18.0. The van der Waals surface area contributed by atoms with E-state index in [1.54, 1.807) is 11.9 Å². The average Bonchev–Trinajstić information content (AvgIpc) is 2.82. The van der Waals surface area contributed by atoms with Crippen LogP contribution in [0, 0.1) is 0 Å². The summed E-state index contributed by atoms with van der Waals surface area (Å²) >= 11 is 0. The lowest BCUT2D eigenvalue weighted by atomic mass is 9.96. The first kappa shape index (κ1) is 23.5. The third-order valence-corrected chi connectivity index (χ3v) is 8.01. The lowest BCUT2D eigenvalue weighted by molar-refractivity contribution is -0.131. The summed E-state index contributed by atoms with van der Waals surface area (Å²) in [6.45, 7) is 1.07. The van der Waals surface area contributed by atoms with Gasteiger partial charge < -0.3 is 15.0 Å². The predicted molar refractivity (Wildman–Crippen MR) is 116 cm³/mol. The van der Waals surface area contributed by atoms with E-state index in [1.807, 2.05) is 30.3 Å². The highest BCUT2D eigenvalue weighted by Gasteiger charge is 2.35. The Hall–Kier alpha value is -2.17. The number of benzene rings is 1. The maximum Gasteiger partial charge on any atom is 0.407 e. The smallest absolute Gasteiger partial charge is 0.407 e. The van der Waals surface area contributed by atoms with Gasteiger partial charge in [-0.15, -0.1) is 0 Å². The molecule has 172 valence electrons. The van der Waals surface area contributed by atoms with Crippen LogP contribution in [0.25, 0.3) is 0 Å². The Balaban J connectivity index is 1.40. The van der Waals surface area contributed by atoms with Crippen molar-refractivity contribution in [3.63, 3.8) is 0 Å². The molecule has 1 heterocycles. The molecule has 2 aliphatic rings. The van der Waals surface area contributed by atoms with Crippen LogP contribution >= 0.6 is 0 Å². The molecule has 2 amide bonds. The van der Waals surface area contributed by atoms with Crippen LogP contribution in [-0.4, -0.2) is 79.7 Å². The first-order chi connectivity index (χ1) is 14.9. The van der Waals surface area contributed by atoms with Crippen molar-refractivity contribution in [2.24, 2.45) is 0 Å². The summed E-state index contributed by atoms with van der Waals surface area (Å²) in [5, 5.41) is 2.46. The maximum absolute atomic E-state index is 12.9. The van der Waals surface area contributed by atoms with E-state index < -0.39 is 16.3 Å². The van der Waals surface area contributed by atoms with E-state index >= 15 is 0 Å². The molecule has 1 saturated carbocycles. The lowest BCUT2D eigenvalue weighted by Crippen LogP contribution is -2.56. The van der Waals surface area contributed by atoms with Gasteiger partial charge in [-0.3, -0.25) is 4.79 Å². The SMILES string of the molecule is CN(C1CCCCC1)S(=O)(=O)N1CCN(C(=O)CNC(=O)OCc2ccccc2)CC1. The summed E-state index contributed by atoms with van der Waals surface area (Å²) in [7, 11) is -1.87. The van der Waals surface area contributed by atoms with Crippen molar-refractivity contribution < 1.29 is 22.7 Å². The number of hydrogen-bond donors (Lipinski definition) is 1. The van der Waals surface area contributed by atoms with Crippen LogP contribution in [0.3, 0.4) is 0 Å². The Kier molecular flexibility index (Phi) is 8.28. The molecule has 31 heavy (non-hydrogen) atoms. The zero-order chi connectivity index (χ0) is 22.3. The first-order valence-corrected chi connectivity index (χ1v) is 12.2. The van der Waals surface area contributed by atoms with Crippen molar-refractivity contribution in [3.8, 4) is 0 Å². The molecule has 3 rings (SSSR count). The highest BCUT2D eigenvalue weighted by Crippen LogP contribution is 2.25. The van der Waals surface area contributed by atoms with E-state index in [1.165, 1.54) is 15.0 Å². The van der Waals surface area contributed by atoms with E-state index in [9.17, 15) is 18.0 Å². The molecule has 1 saturated heterocycles. The van der Waals surface area contributed by atoms with Gasteiger partial charge in [0.25, 0.3) is 10.2 Å². The third kappa shape index (κ3) is 6.41. The van der Waals surface area contributed by atoms with Crippen molar-refractivity contribution in [1.82, 2.24) is 18.8 Å². The molecule has 2 fully saturated rings. The molecule has 1 aliphatic carbocycles. The van der Waals surface area contributed by atoms with Crippen LogP contribution in [0.5, 0.6) is 0 Å². The van der Waals surface area contributed by atoms with Crippen LogP contribution in [0.15, 0.2) is 30.3 Å². The van der Waals surface area contributed by atoms with E-state index in [2.05, 4.69) is 5.32 Å². The highest BCUT2D eigenvalue weighted by molar-refractivity contribution is 7.86. The van der Waals surface area contributed by atoms with Crippen molar-refractivity contribution in [2.75, 3.05) is 39.8 Å². The summed E-state index contributed by atoms with van der Waals surface area (Å²) < 4.78 is 33.9. The Morgan fingerprint density at radius 2 is 1.71 bits per heavy atom. The molecule has 1 aromatic rings. The number of hydrogen-bond acceptors (Lipinski definition) is 5. The van der Waals surface area contributed by atoms with Crippen molar-refractivity contribution in [2.45, 2.75) is 44.8 Å². The quantitative estimate of drug-likeness (QED) is 0.677. The van der Waals surface area contributed by atoms with Crippen LogP contribution in [0.1, 0.15) is 37.7 Å². The topological polar surface area (TPSA) is 99.3 Å². The summed E-state index contributed by atoms with van der Waals surface area (Å²) in [6, 6.07) is 9.33. The molecule has 9 nitrogen and oxygen atoms in total. The number of carbonyl (C=O) groups is 2. The normalized spacial score (nSPS) is 18.7. The van der Waals surface area contributed by atoms with Gasteiger partial charge in [-0.1, -0.05) is 49.6 Å². The predicted octanol–water partition coefficient (Wildman–Crippen LogP) is 1.57. The summed E-state index contributed by atoms with van der Waals surface area (Å²) in [4.78, 5) is 25.8. The molecule has 1 aliphatic heterocycles. The Labute approximate surface area is 184 Å². The number of alkyl carbamates (subject to hydrolysis) is 1. The van der Waals surface area contributed by atoms with Crippen LogP contribution in [0.2, 0.25) is 0 Å². The van der Waals surface area contributed by atoms with Crippen molar-refractivity contribution >= 4 is 22.2 Å². The minimum absolute atomic E-state index is 0.0597. The van der Waals surface area contributed by atoms with Crippen molar-refractivity contribution in [1.29, 1.82) is 0 Å². The van der Waals surface area contributed by atoms with Crippen molar-refractivity contribution in [3.05, 3.63) is 35.9 Å². The lowest BCUT2D eigenvalue weighted by Gasteiger charge is -2.38. The molecule has 1 aromatic carbocycles. The van der Waals surface area contributed by atoms with E-state index in [-0.39, 0.29) is 38.2 Å². The molecule has 0 atom stereocenters. The molecule has 10 heteroatoms. The molecule has 0 bridgehead atoms. The van der Waals surface area contributed by atoms with Gasteiger partial charge >= 0.3 is 6.09 Å². The Bertz CT molecular complexity index is 835. The van der Waals surface area contributed by atoms with E-state index in [0.29, 0.717) is 13.1 Å². The highest BCUT2D eigenvalue weighted by atomic mass is 32.2. The standard InChI is InChI=1S/C21H32N4O5S/c1-23(19-10-6-3-7-11-19)31(28,29)25-14-12-24(13-15-25)20(26)16-22-21(27)30-17-18-8-4-2-5-9-18/h2,4-5,8-9,19H,3,6-7,10-17H2,1H3,(H,22,27). The largest absolute Gasteiger partial charge is 0.445 e. The van der Waals surface area contributed by atoms with Crippen LogP contribution in [0.4, 0.5) is 4.79 Å². The van der Waals surface area contributed by atoms with Gasteiger partial charge in [0, 0.05) is 39.3 Å². The van der Waals surface area contributed by atoms with Gasteiger partial charge in [-0.25, -0.2) is 4.79 Å². The number of nitrogens with one attached hydrogen (secondary N) is 1. The van der Waals surface area contributed by atoms with E-state index in [0.717, 1.165) is 31.2 Å². The van der Waals surface area contributed by atoms with Crippen LogP contribution < -0.4 is 5.32 Å². The summed E-state index contributed by atoms with van der Waals surface area (Å²) in [6.07, 6.45) is 4.44. The molecule has 0 unspecified atom stereocenters. The number of rotatable bonds is 7. The molecular formula is C21H32N4O5S. The fourth-order valence-corrected chi connectivity index (χ4v) is 5.59. The Morgan fingerprint density at radius 1 is 1.06 bits per heavy atom. The zero-order valence-corrected chi connectivity index (χ0v) is 18.8. The number of amides is 2. The fourth-order valence-electron chi connectivity index (χ4n) is 4.02. The number of carbonyl (C=O) groups excluding carboxylic acids is 2. The number of ether oxygens (including phenoxy) is 1. The maximum atomic E-state index is 12.9. The van der Waals surface area contributed by atoms with Gasteiger partial charge in [0.15, 0.2) is 0 Å². The molecule has 0 aromatic heterocycles. The minimum atomic E-state index is -3.53. The van der Waals surface area contributed by atoms with Gasteiger partial charge in [-0.05, 0) is 18.4 Å². The summed E-state index contributed by atoms with van der Waals surface area (Å²) in [5.41, 5.74) is 0.861. The molecule has 0 spiro atoms. The van der Waals surface area contributed by atoms with Gasteiger partial charge in [-0.2, -0.15) is 17.0 Å². The second-order valence-corrected chi connectivity index (χ2v) is 10.00. The number of nitrogens with zero attached hydrogens (tertiary/aromatic N) is 3. The van der Waals surface area contributed by atoms with E-state index in [4.69, 9.17) is 4.74 Å². The third-order valence-electron chi connectivity index (χ3n) is 5.97. The van der Waals surface area contributed by atoms with Gasteiger partial charge in [0.2, 0.25) is 5.91 Å². The Morgan fingerprint density at radius 3 is 2.35 bits per heavy atom. The fraction of sp³-hybridized carbons (Fsp3) is 0.619. The molecule has 0 radical (unpaired) electrons. The molecule has 1 N–H and O–H groups in total. The first-order valence-electron chi connectivity index (χ1n) is 10.8.